The van der Waals surface area contributed by atoms with Crippen molar-refractivity contribution in [1.82, 2.24) is 20.4 Å². The third-order valence-electron chi connectivity index (χ3n) is 4.63. The fraction of sp³-hybridized carbons (Fsp3) is 0.389. The molecule has 1 fully saturated rings. The number of alkyl halides is 2. The van der Waals surface area contributed by atoms with E-state index in [1.54, 1.807) is 6.92 Å². The van der Waals surface area contributed by atoms with Gasteiger partial charge < -0.3 is 10.6 Å². The van der Waals surface area contributed by atoms with E-state index in [1.807, 2.05) is 6.92 Å². The molecule has 30 heavy (non-hydrogen) atoms. The second kappa shape index (κ2) is 8.48. The predicted octanol–water partition coefficient (Wildman–Crippen LogP) is 1.78. The second-order valence-corrected chi connectivity index (χ2v) is 8.70. The number of amides is 2. The van der Waals surface area contributed by atoms with Crippen molar-refractivity contribution in [3.8, 4) is 0 Å². The third kappa shape index (κ3) is 4.33. The number of anilines is 1. The van der Waals surface area contributed by atoms with E-state index in [9.17, 15) is 26.8 Å². The number of carbonyl (C=O) groups excluding carboxylic acids is 2. The quantitative estimate of drug-likeness (QED) is 0.628. The molecule has 2 atom stereocenters. The number of nitrogens with one attached hydrogen (secondary N) is 3. The van der Waals surface area contributed by atoms with Crippen molar-refractivity contribution >= 4 is 27.5 Å². The molecule has 0 aliphatic carbocycles. The Hall–Kier alpha value is -2.86. The molecule has 0 bridgehead atoms. The number of carbonyl (C=O) groups is 2. The van der Waals surface area contributed by atoms with Crippen molar-refractivity contribution in [2.45, 2.75) is 49.7 Å². The van der Waals surface area contributed by atoms with Crippen LogP contribution in [0.5, 0.6) is 0 Å². The minimum absolute atomic E-state index is 0.0891. The van der Waals surface area contributed by atoms with Crippen molar-refractivity contribution in [2.24, 2.45) is 0 Å². The Morgan fingerprint density at radius 1 is 1.37 bits per heavy atom. The Morgan fingerprint density at radius 3 is 2.73 bits per heavy atom. The van der Waals surface area contributed by atoms with Crippen molar-refractivity contribution in [3.05, 3.63) is 41.6 Å². The molecule has 1 aliphatic heterocycles. The average Bonchev–Trinajstić information content (AvgIpc) is 3.07. The average molecular weight is 441 g/mol. The lowest BCUT2D eigenvalue weighted by Gasteiger charge is -2.31. The van der Waals surface area contributed by atoms with E-state index >= 15 is 0 Å². The first-order valence-electron chi connectivity index (χ1n) is 9.17. The number of halogens is 2. The van der Waals surface area contributed by atoms with E-state index < -0.39 is 38.3 Å². The molecule has 1 aromatic carbocycles. The van der Waals surface area contributed by atoms with Crippen LogP contribution in [0.1, 0.15) is 42.1 Å². The van der Waals surface area contributed by atoms with Gasteiger partial charge in [0.05, 0.1) is 16.2 Å². The van der Waals surface area contributed by atoms with Crippen LogP contribution >= 0.6 is 0 Å². The normalized spacial score (nSPS) is 19.6. The summed E-state index contributed by atoms with van der Waals surface area (Å²) in [6.45, 7) is 3.59. The van der Waals surface area contributed by atoms with Gasteiger partial charge in [-0.2, -0.15) is 13.9 Å². The summed E-state index contributed by atoms with van der Waals surface area (Å²) in [6, 6.07) is 6.16. The van der Waals surface area contributed by atoms with E-state index in [2.05, 4.69) is 21.0 Å². The van der Waals surface area contributed by atoms with Crippen LogP contribution in [0.4, 0.5) is 14.6 Å². The molecular weight excluding hydrogens is 420 g/mol. The molecule has 2 aromatic rings. The van der Waals surface area contributed by atoms with Crippen LogP contribution in [0.25, 0.3) is 0 Å². The Morgan fingerprint density at radius 2 is 2.07 bits per heavy atom. The Balaban J connectivity index is 1.92. The summed E-state index contributed by atoms with van der Waals surface area (Å²) in [6.07, 6.45) is 0.263. The molecule has 9 nitrogen and oxygen atoms in total. The van der Waals surface area contributed by atoms with Crippen LogP contribution in [-0.2, 0) is 14.6 Å². The lowest BCUT2D eigenvalue weighted by molar-refractivity contribution is -0.125. The van der Waals surface area contributed by atoms with E-state index in [0.717, 1.165) is 12.1 Å². The van der Waals surface area contributed by atoms with Gasteiger partial charge in [0.15, 0.2) is 6.29 Å². The first-order chi connectivity index (χ1) is 14.1. The SMILES string of the molecule is CCC1CC(=O)NC(n2nc(C)cc2NC(=O)c2ccccc2S(=O)(=O)C(F)F)N1. The molecule has 162 valence electrons. The minimum Gasteiger partial charge on any atom is -0.322 e. The third-order valence-corrected chi connectivity index (χ3v) is 6.07. The summed E-state index contributed by atoms with van der Waals surface area (Å²) < 4.78 is 51.2. The molecule has 0 radical (unpaired) electrons. The van der Waals surface area contributed by atoms with Gasteiger partial charge in [0.1, 0.15) is 5.82 Å². The number of sulfone groups is 1. The smallest absolute Gasteiger partial charge is 0.322 e. The molecule has 3 N–H and O–H groups in total. The second-order valence-electron chi connectivity index (χ2n) is 6.82. The van der Waals surface area contributed by atoms with Gasteiger partial charge in [-0.05, 0) is 25.5 Å². The summed E-state index contributed by atoms with van der Waals surface area (Å²) >= 11 is 0. The van der Waals surface area contributed by atoms with Crippen LogP contribution in [0.3, 0.4) is 0 Å². The summed E-state index contributed by atoms with van der Waals surface area (Å²) in [7, 11) is -4.97. The van der Waals surface area contributed by atoms with Gasteiger partial charge in [0.2, 0.25) is 15.7 Å². The molecule has 0 spiro atoms. The first kappa shape index (κ1) is 21.8. The van der Waals surface area contributed by atoms with Gasteiger partial charge in [-0.1, -0.05) is 19.1 Å². The number of hydrogen-bond acceptors (Lipinski definition) is 6. The molecule has 3 rings (SSSR count). The largest absolute Gasteiger partial charge is 0.341 e. The fourth-order valence-electron chi connectivity index (χ4n) is 3.14. The molecule has 2 heterocycles. The minimum atomic E-state index is -4.97. The van der Waals surface area contributed by atoms with Gasteiger partial charge in [0.25, 0.3) is 5.91 Å². The number of aryl methyl sites for hydroxylation is 1. The zero-order valence-corrected chi connectivity index (χ0v) is 17.0. The molecule has 0 saturated carbocycles. The van der Waals surface area contributed by atoms with Gasteiger partial charge in [-0.25, -0.2) is 13.1 Å². The summed E-state index contributed by atoms with van der Waals surface area (Å²) in [5.74, 6) is -4.59. The van der Waals surface area contributed by atoms with Gasteiger partial charge in [-0.3, -0.25) is 14.9 Å². The number of benzene rings is 1. The number of aromatic nitrogens is 2. The maximum Gasteiger partial charge on any atom is 0.341 e. The maximum absolute atomic E-state index is 13.0. The standard InChI is InChI=1S/C18H21F2N5O4S/c1-3-11-9-15(26)23-18(21-11)25-14(8-10(2)24-25)22-16(27)12-6-4-5-7-13(12)30(28,29)17(19)20/h4-8,11,17-18,21H,3,9H2,1-2H3,(H,22,27)(H,23,26). The molecular formula is C18H21F2N5O4S. The molecule has 2 unspecified atom stereocenters. The molecule has 1 aromatic heterocycles. The lowest BCUT2D eigenvalue weighted by Crippen LogP contribution is -2.53. The van der Waals surface area contributed by atoms with E-state index in [4.69, 9.17) is 0 Å². The van der Waals surface area contributed by atoms with Crippen molar-refractivity contribution in [3.63, 3.8) is 0 Å². The molecule has 2 amide bonds. The van der Waals surface area contributed by atoms with E-state index in [-0.39, 0.29) is 17.8 Å². The zero-order chi connectivity index (χ0) is 22.1. The van der Waals surface area contributed by atoms with E-state index in [1.165, 1.54) is 22.9 Å². The maximum atomic E-state index is 13.0. The molecule has 12 heteroatoms. The fourth-order valence-corrected chi connectivity index (χ4v) is 4.07. The lowest BCUT2D eigenvalue weighted by atomic mass is 10.1. The summed E-state index contributed by atoms with van der Waals surface area (Å²) in [4.78, 5) is 24.0. The Bertz CT molecular complexity index is 1070. The highest BCUT2D eigenvalue weighted by Crippen LogP contribution is 2.24. The summed E-state index contributed by atoms with van der Waals surface area (Å²) in [5.41, 5.74) is 0.101. The van der Waals surface area contributed by atoms with Gasteiger partial charge in [-0.15, -0.1) is 0 Å². The van der Waals surface area contributed by atoms with Crippen LogP contribution < -0.4 is 16.0 Å². The van der Waals surface area contributed by atoms with Crippen molar-refractivity contribution in [1.29, 1.82) is 0 Å². The highest BCUT2D eigenvalue weighted by molar-refractivity contribution is 7.91. The number of nitrogens with zero attached hydrogens (tertiary/aromatic N) is 2. The van der Waals surface area contributed by atoms with Gasteiger partial charge in [0, 0.05) is 18.5 Å². The Kier molecular flexibility index (Phi) is 6.17. The highest BCUT2D eigenvalue weighted by Gasteiger charge is 2.32. The van der Waals surface area contributed by atoms with Gasteiger partial charge >= 0.3 is 5.76 Å². The van der Waals surface area contributed by atoms with Crippen molar-refractivity contribution in [2.75, 3.05) is 5.32 Å². The highest BCUT2D eigenvalue weighted by atomic mass is 32.2. The first-order valence-corrected chi connectivity index (χ1v) is 10.7. The molecule has 1 saturated heterocycles. The predicted molar refractivity (Wildman–Crippen MR) is 104 cm³/mol. The van der Waals surface area contributed by atoms with Crippen LogP contribution in [0.2, 0.25) is 0 Å². The van der Waals surface area contributed by atoms with Crippen LogP contribution in [0, 0.1) is 6.92 Å². The number of rotatable bonds is 6. The number of hydrogen-bond donors (Lipinski definition) is 3. The van der Waals surface area contributed by atoms with Crippen LogP contribution in [-0.4, -0.2) is 41.8 Å². The van der Waals surface area contributed by atoms with E-state index in [0.29, 0.717) is 18.5 Å². The van der Waals surface area contributed by atoms with Crippen LogP contribution in [0.15, 0.2) is 35.2 Å². The topological polar surface area (TPSA) is 122 Å². The monoisotopic (exact) mass is 441 g/mol. The summed E-state index contributed by atoms with van der Waals surface area (Å²) in [5, 5.41) is 12.7. The van der Waals surface area contributed by atoms with Crippen molar-refractivity contribution < 1.29 is 26.8 Å². The zero-order valence-electron chi connectivity index (χ0n) is 16.2. The Labute approximate surface area is 171 Å². The molecule has 1 aliphatic rings.